The third-order valence-corrected chi connectivity index (χ3v) is 4.35. The smallest absolute Gasteiger partial charge is 0.175 e. The van der Waals surface area contributed by atoms with Crippen LogP contribution >= 0.6 is 0 Å². The van der Waals surface area contributed by atoms with E-state index in [0.717, 1.165) is 17.1 Å². The van der Waals surface area contributed by atoms with E-state index in [1.165, 1.54) is 6.26 Å². The van der Waals surface area contributed by atoms with E-state index in [1.54, 1.807) is 30.5 Å². The maximum Gasteiger partial charge on any atom is 0.175 e. The van der Waals surface area contributed by atoms with Gasteiger partial charge < -0.3 is 10.7 Å². The van der Waals surface area contributed by atoms with Crippen molar-refractivity contribution in [3.05, 3.63) is 36.3 Å². The molecule has 0 aliphatic rings. The van der Waals surface area contributed by atoms with Gasteiger partial charge in [0, 0.05) is 6.26 Å². The second-order valence-corrected chi connectivity index (χ2v) is 7.26. The fraction of sp³-hybridized carbons (Fsp3) is 0.357. The standard InChI is InChI=1S/C14H19N3O2S/c1-9(2)13(15)14-16-8-12(17-14)10-4-6-11(7-5-10)20(3,18)19/h4-9,13H,15H2,1-3H3,(H,16,17). The van der Waals surface area contributed by atoms with Crippen LogP contribution in [0.15, 0.2) is 35.4 Å². The number of benzene rings is 1. The zero-order valence-corrected chi connectivity index (χ0v) is 12.6. The number of nitrogens with zero attached hydrogens (tertiary/aromatic N) is 1. The monoisotopic (exact) mass is 293 g/mol. The summed E-state index contributed by atoms with van der Waals surface area (Å²) >= 11 is 0. The molecule has 1 aromatic heterocycles. The second kappa shape index (κ2) is 5.38. The lowest BCUT2D eigenvalue weighted by Gasteiger charge is -2.12. The molecular formula is C14H19N3O2S. The highest BCUT2D eigenvalue weighted by Gasteiger charge is 2.14. The lowest BCUT2D eigenvalue weighted by molar-refractivity contribution is 0.494. The van der Waals surface area contributed by atoms with Gasteiger partial charge in [-0.1, -0.05) is 26.0 Å². The third kappa shape index (κ3) is 3.08. The van der Waals surface area contributed by atoms with E-state index in [9.17, 15) is 8.42 Å². The molecule has 1 unspecified atom stereocenters. The molecule has 0 saturated heterocycles. The molecule has 6 heteroatoms. The Bertz CT molecular complexity index is 687. The average Bonchev–Trinajstić information content (AvgIpc) is 2.86. The Hall–Kier alpha value is -1.66. The predicted molar refractivity (Wildman–Crippen MR) is 78.9 cm³/mol. The summed E-state index contributed by atoms with van der Waals surface area (Å²) in [7, 11) is -3.17. The lowest BCUT2D eigenvalue weighted by atomic mass is 10.1. The van der Waals surface area contributed by atoms with Crippen molar-refractivity contribution in [1.82, 2.24) is 9.97 Å². The van der Waals surface area contributed by atoms with Crippen LogP contribution in [0.3, 0.4) is 0 Å². The molecule has 0 radical (unpaired) electrons. The van der Waals surface area contributed by atoms with E-state index in [0.29, 0.717) is 10.8 Å². The van der Waals surface area contributed by atoms with Crippen LogP contribution in [0.4, 0.5) is 0 Å². The van der Waals surface area contributed by atoms with Crippen molar-refractivity contribution in [3.63, 3.8) is 0 Å². The van der Waals surface area contributed by atoms with Crippen molar-refractivity contribution in [3.8, 4) is 11.3 Å². The first-order valence-electron chi connectivity index (χ1n) is 6.40. The molecule has 0 bridgehead atoms. The van der Waals surface area contributed by atoms with Crippen LogP contribution in [0, 0.1) is 5.92 Å². The van der Waals surface area contributed by atoms with Crippen LogP contribution in [-0.4, -0.2) is 24.6 Å². The predicted octanol–water partition coefficient (Wildman–Crippen LogP) is 2.14. The number of aromatic nitrogens is 2. The van der Waals surface area contributed by atoms with Crippen LogP contribution in [-0.2, 0) is 9.84 Å². The summed E-state index contributed by atoms with van der Waals surface area (Å²) in [5, 5.41) is 0. The zero-order valence-electron chi connectivity index (χ0n) is 11.8. The Morgan fingerprint density at radius 3 is 2.30 bits per heavy atom. The van der Waals surface area contributed by atoms with E-state index >= 15 is 0 Å². The Morgan fingerprint density at radius 2 is 1.80 bits per heavy atom. The summed E-state index contributed by atoms with van der Waals surface area (Å²) in [6.45, 7) is 4.07. The Labute approximate surface area is 119 Å². The molecule has 0 fully saturated rings. The van der Waals surface area contributed by atoms with Crippen molar-refractivity contribution >= 4 is 9.84 Å². The van der Waals surface area contributed by atoms with Crippen molar-refractivity contribution in [2.45, 2.75) is 24.8 Å². The zero-order chi connectivity index (χ0) is 14.9. The Balaban J connectivity index is 2.29. The average molecular weight is 293 g/mol. The molecule has 0 saturated carbocycles. The fourth-order valence-corrected chi connectivity index (χ4v) is 2.48. The lowest BCUT2D eigenvalue weighted by Crippen LogP contribution is -2.18. The maximum absolute atomic E-state index is 11.4. The molecular weight excluding hydrogens is 274 g/mol. The van der Waals surface area contributed by atoms with Crippen molar-refractivity contribution < 1.29 is 8.42 Å². The third-order valence-electron chi connectivity index (χ3n) is 3.22. The van der Waals surface area contributed by atoms with Gasteiger partial charge in [0.15, 0.2) is 9.84 Å². The Morgan fingerprint density at radius 1 is 1.20 bits per heavy atom. The molecule has 20 heavy (non-hydrogen) atoms. The molecule has 5 nitrogen and oxygen atoms in total. The summed E-state index contributed by atoms with van der Waals surface area (Å²) < 4.78 is 22.8. The van der Waals surface area contributed by atoms with Gasteiger partial charge in [0.05, 0.1) is 22.8 Å². The Kier molecular flexibility index (Phi) is 3.96. The molecule has 2 rings (SSSR count). The van der Waals surface area contributed by atoms with E-state index in [1.807, 2.05) is 13.8 Å². The van der Waals surface area contributed by atoms with Crippen LogP contribution in [0.25, 0.3) is 11.3 Å². The number of aromatic amines is 1. The minimum Gasteiger partial charge on any atom is -0.341 e. The number of rotatable bonds is 4. The highest BCUT2D eigenvalue weighted by atomic mass is 32.2. The topological polar surface area (TPSA) is 88.8 Å². The number of imidazole rings is 1. The van der Waals surface area contributed by atoms with Gasteiger partial charge in [0.1, 0.15) is 5.82 Å². The first-order chi connectivity index (χ1) is 9.29. The number of hydrogen-bond donors (Lipinski definition) is 2. The normalized spacial score (nSPS) is 13.7. The van der Waals surface area contributed by atoms with Crippen LogP contribution in [0.5, 0.6) is 0 Å². The van der Waals surface area contributed by atoms with Gasteiger partial charge in [0.25, 0.3) is 0 Å². The summed E-state index contributed by atoms with van der Waals surface area (Å²) in [6.07, 6.45) is 2.91. The highest BCUT2D eigenvalue weighted by Crippen LogP contribution is 2.22. The second-order valence-electron chi connectivity index (χ2n) is 5.25. The van der Waals surface area contributed by atoms with E-state index in [-0.39, 0.29) is 6.04 Å². The van der Waals surface area contributed by atoms with Gasteiger partial charge in [-0.3, -0.25) is 0 Å². The van der Waals surface area contributed by atoms with Crippen LogP contribution < -0.4 is 5.73 Å². The van der Waals surface area contributed by atoms with Gasteiger partial charge in [-0.2, -0.15) is 0 Å². The van der Waals surface area contributed by atoms with Gasteiger partial charge in [0.2, 0.25) is 0 Å². The summed E-state index contributed by atoms with van der Waals surface area (Å²) in [6, 6.07) is 6.56. The van der Waals surface area contributed by atoms with Gasteiger partial charge in [-0.05, 0) is 23.6 Å². The van der Waals surface area contributed by atoms with Gasteiger partial charge in [-0.15, -0.1) is 0 Å². The largest absolute Gasteiger partial charge is 0.341 e. The quantitative estimate of drug-likeness (QED) is 0.903. The highest BCUT2D eigenvalue weighted by molar-refractivity contribution is 7.90. The first kappa shape index (κ1) is 14.7. The van der Waals surface area contributed by atoms with Gasteiger partial charge in [-0.25, -0.2) is 13.4 Å². The number of hydrogen-bond acceptors (Lipinski definition) is 4. The molecule has 3 N–H and O–H groups in total. The molecule has 1 aromatic carbocycles. The van der Waals surface area contributed by atoms with Crippen molar-refractivity contribution in [2.24, 2.45) is 11.7 Å². The fourth-order valence-electron chi connectivity index (χ4n) is 1.85. The van der Waals surface area contributed by atoms with E-state index in [2.05, 4.69) is 9.97 Å². The summed E-state index contributed by atoms with van der Waals surface area (Å²) in [5.74, 6) is 1.03. The SMILES string of the molecule is CC(C)C(N)c1ncc(-c2ccc(S(C)(=O)=O)cc2)[nH]1. The molecule has 1 atom stereocenters. The van der Waals surface area contributed by atoms with E-state index in [4.69, 9.17) is 5.73 Å². The summed E-state index contributed by atoms with van der Waals surface area (Å²) in [5.41, 5.74) is 7.75. The molecule has 0 aliphatic carbocycles. The minimum atomic E-state index is -3.17. The van der Waals surface area contributed by atoms with Gasteiger partial charge >= 0.3 is 0 Å². The van der Waals surface area contributed by atoms with Crippen LogP contribution in [0.1, 0.15) is 25.7 Å². The molecule has 2 aromatic rings. The summed E-state index contributed by atoms with van der Waals surface area (Å²) in [4.78, 5) is 7.77. The minimum absolute atomic E-state index is 0.140. The van der Waals surface area contributed by atoms with Crippen molar-refractivity contribution in [2.75, 3.05) is 6.26 Å². The maximum atomic E-state index is 11.4. The van der Waals surface area contributed by atoms with Crippen molar-refractivity contribution in [1.29, 1.82) is 0 Å². The molecule has 0 spiro atoms. The first-order valence-corrected chi connectivity index (χ1v) is 8.29. The molecule has 0 aliphatic heterocycles. The molecule has 108 valence electrons. The molecule has 0 amide bonds. The molecule has 1 heterocycles. The number of nitrogens with two attached hydrogens (primary N) is 1. The number of nitrogens with one attached hydrogen (secondary N) is 1. The van der Waals surface area contributed by atoms with Crippen LogP contribution in [0.2, 0.25) is 0 Å². The number of sulfone groups is 1. The number of H-pyrrole nitrogens is 1. The van der Waals surface area contributed by atoms with E-state index < -0.39 is 9.84 Å².